The van der Waals surface area contributed by atoms with Gasteiger partial charge in [0.15, 0.2) is 0 Å². The van der Waals surface area contributed by atoms with Gasteiger partial charge in [0.2, 0.25) is 5.91 Å². The lowest BCUT2D eigenvalue weighted by Gasteiger charge is -2.21. The molecule has 0 aromatic heterocycles. The molecule has 1 atom stereocenters. The number of hydrogen-bond donors (Lipinski definition) is 1. The van der Waals surface area contributed by atoms with Crippen molar-refractivity contribution in [3.63, 3.8) is 0 Å². The standard InChI is InChI=1S/C8H16BrNO2/c1-6(2)7(9)8(12)10(3)4-5-11/h6-7,11H,4-5H2,1-3H3. The number of hydrogen-bond acceptors (Lipinski definition) is 2. The van der Waals surface area contributed by atoms with E-state index in [2.05, 4.69) is 15.9 Å². The molecule has 72 valence electrons. The van der Waals surface area contributed by atoms with E-state index in [0.717, 1.165) is 0 Å². The zero-order valence-corrected chi connectivity index (χ0v) is 9.34. The maximum Gasteiger partial charge on any atom is 0.236 e. The molecule has 0 rings (SSSR count). The molecule has 1 unspecified atom stereocenters. The summed E-state index contributed by atoms with van der Waals surface area (Å²) in [6.07, 6.45) is 0. The molecule has 1 N–H and O–H groups in total. The fraction of sp³-hybridized carbons (Fsp3) is 0.875. The van der Waals surface area contributed by atoms with Crippen LogP contribution in [-0.4, -0.2) is 40.9 Å². The van der Waals surface area contributed by atoms with Crippen molar-refractivity contribution in [1.82, 2.24) is 4.90 Å². The van der Waals surface area contributed by atoms with Crippen molar-refractivity contribution in [2.24, 2.45) is 5.92 Å². The second kappa shape index (κ2) is 5.54. The monoisotopic (exact) mass is 237 g/mol. The SMILES string of the molecule is CC(C)C(Br)C(=O)N(C)CCO. The van der Waals surface area contributed by atoms with Crippen molar-refractivity contribution in [3.05, 3.63) is 0 Å². The summed E-state index contributed by atoms with van der Waals surface area (Å²) in [5.41, 5.74) is 0. The minimum Gasteiger partial charge on any atom is -0.395 e. The van der Waals surface area contributed by atoms with Crippen LogP contribution in [0, 0.1) is 5.92 Å². The number of carbonyl (C=O) groups is 1. The topological polar surface area (TPSA) is 40.5 Å². The first kappa shape index (κ1) is 11.9. The van der Waals surface area contributed by atoms with Gasteiger partial charge in [-0.25, -0.2) is 0 Å². The third-order valence-corrected chi connectivity index (χ3v) is 3.08. The predicted octanol–water partition coefficient (Wildman–Crippen LogP) is 0.857. The summed E-state index contributed by atoms with van der Waals surface area (Å²) in [6, 6.07) is 0. The van der Waals surface area contributed by atoms with Crippen LogP contribution >= 0.6 is 15.9 Å². The van der Waals surface area contributed by atoms with Gasteiger partial charge in [-0.3, -0.25) is 4.79 Å². The number of likely N-dealkylation sites (N-methyl/N-ethyl adjacent to an activating group) is 1. The summed E-state index contributed by atoms with van der Waals surface area (Å²) in [6.45, 7) is 4.36. The molecular formula is C8H16BrNO2. The lowest BCUT2D eigenvalue weighted by Crippen LogP contribution is -2.37. The maximum atomic E-state index is 11.4. The van der Waals surface area contributed by atoms with Crippen molar-refractivity contribution in [3.8, 4) is 0 Å². The molecule has 0 aliphatic rings. The summed E-state index contributed by atoms with van der Waals surface area (Å²) in [7, 11) is 1.69. The zero-order valence-electron chi connectivity index (χ0n) is 7.75. The number of nitrogens with zero attached hydrogens (tertiary/aromatic N) is 1. The van der Waals surface area contributed by atoms with Crippen LogP contribution in [0.1, 0.15) is 13.8 Å². The van der Waals surface area contributed by atoms with Crippen molar-refractivity contribution < 1.29 is 9.90 Å². The normalized spacial score (nSPS) is 13.2. The smallest absolute Gasteiger partial charge is 0.236 e. The number of aliphatic hydroxyl groups is 1. The third kappa shape index (κ3) is 3.54. The Balaban J connectivity index is 4.00. The molecule has 0 spiro atoms. The highest BCUT2D eigenvalue weighted by Crippen LogP contribution is 2.13. The largest absolute Gasteiger partial charge is 0.395 e. The van der Waals surface area contributed by atoms with Crippen molar-refractivity contribution >= 4 is 21.8 Å². The molecule has 0 fully saturated rings. The summed E-state index contributed by atoms with van der Waals surface area (Å²) in [5, 5.41) is 8.60. The van der Waals surface area contributed by atoms with Gasteiger partial charge in [-0.2, -0.15) is 0 Å². The van der Waals surface area contributed by atoms with Gasteiger partial charge in [0.05, 0.1) is 11.4 Å². The Morgan fingerprint density at radius 2 is 2.08 bits per heavy atom. The van der Waals surface area contributed by atoms with Crippen molar-refractivity contribution in [2.45, 2.75) is 18.7 Å². The van der Waals surface area contributed by atoms with Gasteiger partial charge >= 0.3 is 0 Å². The quantitative estimate of drug-likeness (QED) is 0.738. The van der Waals surface area contributed by atoms with Crippen molar-refractivity contribution in [2.75, 3.05) is 20.2 Å². The molecule has 0 bridgehead atoms. The average molecular weight is 238 g/mol. The number of carbonyl (C=O) groups excluding carboxylic acids is 1. The minimum absolute atomic E-state index is 0.0139. The van der Waals surface area contributed by atoms with E-state index in [9.17, 15) is 4.79 Å². The molecule has 0 aliphatic heterocycles. The number of rotatable bonds is 4. The Morgan fingerprint density at radius 3 is 2.42 bits per heavy atom. The van der Waals surface area contributed by atoms with E-state index in [4.69, 9.17) is 5.11 Å². The highest BCUT2D eigenvalue weighted by atomic mass is 79.9. The van der Waals surface area contributed by atoms with E-state index in [0.29, 0.717) is 6.54 Å². The fourth-order valence-corrected chi connectivity index (χ4v) is 1.11. The molecular weight excluding hydrogens is 222 g/mol. The molecule has 0 saturated heterocycles. The molecule has 0 aliphatic carbocycles. The van der Waals surface area contributed by atoms with E-state index in [-0.39, 0.29) is 23.3 Å². The molecule has 12 heavy (non-hydrogen) atoms. The van der Waals surface area contributed by atoms with E-state index in [1.165, 1.54) is 4.90 Å². The van der Waals surface area contributed by atoms with Crippen LogP contribution in [0.15, 0.2) is 0 Å². The minimum atomic E-state index is -0.144. The predicted molar refractivity (Wildman–Crippen MR) is 52.3 cm³/mol. The number of halogens is 1. The first-order valence-electron chi connectivity index (χ1n) is 4.00. The van der Waals surface area contributed by atoms with Crippen LogP contribution in [0.5, 0.6) is 0 Å². The van der Waals surface area contributed by atoms with Crippen LogP contribution in [0.2, 0.25) is 0 Å². The van der Waals surface area contributed by atoms with Crippen molar-refractivity contribution in [1.29, 1.82) is 0 Å². The van der Waals surface area contributed by atoms with E-state index < -0.39 is 0 Å². The van der Waals surface area contributed by atoms with E-state index >= 15 is 0 Å². The second-order valence-electron chi connectivity index (χ2n) is 3.13. The van der Waals surface area contributed by atoms with E-state index in [1.54, 1.807) is 7.05 Å². The first-order chi connectivity index (χ1) is 5.50. The van der Waals surface area contributed by atoms with Gasteiger partial charge in [0.25, 0.3) is 0 Å². The van der Waals surface area contributed by atoms with Crippen LogP contribution in [-0.2, 0) is 4.79 Å². The Bertz CT molecular complexity index is 150. The molecule has 1 amide bonds. The van der Waals surface area contributed by atoms with Crippen LogP contribution < -0.4 is 0 Å². The van der Waals surface area contributed by atoms with Gasteiger partial charge < -0.3 is 10.0 Å². The summed E-state index contributed by atoms with van der Waals surface area (Å²) >= 11 is 3.31. The Hall–Kier alpha value is -0.0900. The van der Waals surface area contributed by atoms with Crippen LogP contribution in [0.3, 0.4) is 0 Å². The highest BCUT2D eigenvalue weighted by molar-refractivity contribution is 9.10. The molecule has 0 saturated carbocycles. The lowest BCUT2D eigenvalue weighted by molar-refractivity contribution is -0.130. The Morgan fingerprint density at radius 1 is 1.58 bits per heavy atom. The fourth-order valence-electron chi connectivity index (χ4n) is 0.756. The molecule has 0 aromatic carbocycles. The van der Waals surface area contributed by atoms with E-state index in [1.807, 2.05) is 13.8 Å². The summed E-state index contributed by atoms with van der Waals surface area (Å²) < 4.78 is 0. The molecule has 0 heterocycles. The average Bonchev–Trinajstić information content (AvgIpc) is 2.02. The van der Waals surface area contributed by atoms with Crippen LogP contribution in [0.25, 0.3) is 0 Å². The second-order valence-corrected chi connectivity index (χ2v) is 4.12. The Kier molecular flexibility index (Phi) is 5.50. The van der Waals surface area contributed by atoms with Crippen LogP contribution in [0.4, 0.5) is 0 Å². The Labute approximate surface area is 81.9 Å². The lowest BCUT2D eigenvalue weighted by atomic mass is 10.1. The number of alkyl halides is 1. The van der Waals surface area contributed by atoms with Gasteiger partial charge in [-0.05, 0) is 5.92 Å². The molecule has 0 radical (unpaired) electrons. The van der Waals surface area contributed by atoms with Gasteiger partial charge in [0.1, 0.15) is 0 Å². The summed E-state index contributed by atoms with van der Waals surface area (Å²) in [5.74, 6) is 0.303. The molecule has 4 heteroatoms. The summed E-state index contributed by atoms with van der Waals surface area (Å²) in [4.78, 5) is 12.8. The van der Waals surface area contributed by atoms with Gasteiger partial charge in [0, 0.05) is 13.6 Å². The van der Waals surface area contributed by atoms with Gasteiger partial charge in [-0.1, -0.05) is 29.8 Å². The maximum absolute atomic E-state index is 11.4. The zero-order chi connectivity index (χ0) is 9.72. The molecule has 0 aromatic rings. The van der Waals surface area contributed by atoms with Gasteiger partial charge in [-0.15, -0.1) is 0 Å². The molecule has 3 nitrogen and oxygen atoms in total. The number of aliphatic hydroxyl groups excluding tert-OH is 1. The number of amides is 1. The highest BCUT2D eigenvalue weighted by Gasteiger charge is 2.21. The first-order valence-corrected chi connectivity index (χ1v) is 4.92. The third-order valence-electron chi connectivity index (χ3n) is 1.63.